The molecule has 0 aromatic carbocycles. The molecule has 136 valence electrons. The van der Waals surface area contributed by atoms with Gasteiger partial charge in [0.2, 0.25) is 0 Å². The molecule has 0 saturated heterocycles. The number of allylic oxidation sites excluding steroid dienone is 5. The highest BCUT2D eigenvalue weighted by atomic mass is 16.5. The van der Waals surface area contributed by atoms with Crippen molar-refractivity contribution < 1.29 is 14.3 Å². The summed E-state index contributed by atoms with van der Waals surface area (Å²) in [7, 11) is 1.58. The molecule has 0 aromatic heterocycles. The molecule has 0 aromatic rings. The van der Waals surface area contributed by atoms with Crippen LogP contribution in [-0.4, -0.2) is 25.3 Å². The smallest absolute Gasteiger partial charge is 0.184 e. The van der Waals surface area contributed by atoms with Crippen LogP contribution in [0.25, 0.3) is 0 Å². The van der Waals surface area contributed by atoms with E-state index in [4.69, 9.17) is 4.74 Å². The quantitative estimate of drug-likeness (QED) is 0.560. The summed E-state index contributed by atoms with van der Waals surface area (Å²) in [4.78, 5) is 24.1. The van der Waals surface area contributed by atoms with Gasteiger partial charge in [0.25, 0.3) is 0 Å². The maximum absolute atomic E-state index is 12.5. The van der Waals surface area contributed by atoms with Crippen LogP contribution in [0.4, 0.5) is 0 Å². The summed E-state index contributed by atoms with van der Waals surface area (Å²) in [6.45, 7) is 8.57. The maximum atomic E-state index is 12.5. The number of hydrogen-bond acceptors (Lipinski definition) is 3. The second kappa shape index (κ2) is 6.35. The Balaban J connectivity index is 1.94. The summed E-state index contributed by atoms with van der Waals surface area (Å²) in [6, 6.07) is 0. The van der Waals surface area contributed by atoms with Crippen LogP contribution >= 0.6 is 0 Å². The van der Waals surface area contributed by atoms with Crippen LogP contribution in [-0.2, 0) is 14.3 Å². The molecule has 0 aliphatic heterocycles. The average Bonchev–Trinajstić information content (AvgIpc) is 2.87. The van der Waals surface area contributed by atoms with Crippen molar-refractivity contribution >= 4 is 11.6 Å². The van der Waals surface area contributed by atoms with Gasteiger partial charge in [-0.15, -0.1) is 0 Å². The van der Waals surface area contributed by atoms with Gasteiger partial charge in [-0.05, 0) is 50.5 Å². The summed E-state index contributed by atoms with van der Waals surface area (Å²) in [5.74, 6) is 1.26. The molecular formula is C22H30O3. The number of fused-ring (bicyclic) bond motifs is 3. The van der Waals surface area contributed by atoms with E-state index in [9.17, 15) is 9.59 Å². The summed E-state index contributed by atoms with van der Waals surface area (Å²) >= 11 is 0. The van der Waals surface area contributed by atoms with Gasteiger partial charge in [-0.1, -0.05) is 44.1 Å². The summed E-state index contributed by atoms with van der Waals surface area (Å²) in [6.07, 6.45) is 10.3. The Morgan fingerprint density at radius 2 is 2.00 bits per heavy atom. The maximum Gasteiger partial charge on any atom is 0.184 e. The van der Waals surface area contributed by atoms with Gasteiger partial charge in [-0.3, -0.25) is 9.59 Å². The molecule has 0 amide bonds. The van der Waals surface area contributed by atoms with Crippen LogP contribution in [0, 0.1) is 22.7 Å². The van der Waals surface area contributed by atoms with Gasteiger partial charge < -0.3 is 4.74 Å². The predicted octanol–water partition coefficient (Wildman–Crippen LogP) is 4.44. The van der Waals surface area contributed by atoms with Crippen LogP contribution in [0.15, 0.2) is 34.9 Å². The van der Waals surface area contributed by atoms with E-state index in [0.717, 1.165) is 31.3 Å². The Morgan fingerprint density at radius 1 is 1.28 bits per heavy atom. The predicted molar refractivity (Wildman–Crippen MR) is 99.1 cm³/mol. The minimum atomic E-state index is -0.0678. The van der Waals surface area contributed by atoms with Gasteiger partial charge in [0.15, 0.2) is 11.6 Å². The van der Waals surface area contributed by atoms with Crippen LogP contribution in [0.3, 0.4) is 0 Å². The third kappa shape index (κ3) is 2.87. The largest absolute Gasteiger partial charge is 0.377 e. The van der Waals surface area contributed by atoms with E-state index >= 15 is 0 Å². The molecule has 3 nitrogen and oxygen atoms in total. The van der Waals surface area contributed by atoms with Gasteiger partial charge in [0.1, 0.15) is 6.61 Å². The summed E-state index contributed by atoms with van der Waals surface area (Å²) < 4.78 is 5.09. The molecule has 3 atom stereocenters. The van der Waals surface area contributed by atoms with Crippen LogP contribution in [0.2, 0.25) is 0 Å². The Hall–Kier alpha value is -1.48. The molecule has 0 heterocycles. The van der Waals surface area contributed by atoms with E-state index in [1.165, 1.54) is 11.1 Å². The number of hydrogen-bond donors (Lipinski definition) is 0. The summed E-state index contributed by atoms with van der Waals surface area (Å²) in [5.41, 5.74) is 3.57. The molecule has 0 radical (unpaired) electrons. The first-order valence-corrected chi connectivity index (χ1v) is 9.36. The fraction of sp³-hybridized carbons (Fsp3) is 0.636. The molecule has 0 bridgehead atoms. The van der Waals surface area contributed by atoms with E-state index in [0.29, 0.717) is 11.8 Å². The fourth-order valence-corrected chi connectivity index (χ4v) is 5.52. The van der Waals surface area contributed by atoms with Gasteiger partial charge in [0.05, 0.1) is 0 Å². The summed E-state index contributed by atoms with van der Waals surface area (Å²) in [5, 5.41) is 0. The van der Waals surface area contributed by atoms with Crippen molar-refractivity contribution in [3.8, 4) is 0 Å². The Bertz CT molecular complexity index is 692. The van der Waals surface area contributed by atoms with Crippen LogP contribution in [0.1, 0.15) is 53.4 Å². The Kier molecular flexibility index (Phi) is 4.65. The van der Waals surface area contributed by atoms with Crippen molar-refractivity contribution in [2.45, 2.75) is 53.4 Å². The zero-order valence-electron chi connectivity index (χ0n) is 16.1. The fourth-order valence-electron chi connectivity index (χ4n) is 5.52. The van der Waals surface area contributed by atoms with Gasteiger partial charge in [0, 0.05) is 23.5 Å². The topological polar surface area (TPSA) is 43.4 Å². The number of ketones is 2. The second-order valence-electron chi connectivity index (χ2n) is 8.65. The lowest BCUT2D eigenvalue weighted by molar-refractivity contribution is -0.120. The highest BCUT2D eigenvalue weighted by Gasteiger charge is 2.53. The van der Waals surface area contributed by atoms with E-state index in [1.54, 1.807) is 14.0 Å². The minimum absolute atomic E-state index is 0.0603. The third-order valence-corrected chi connectivity index (χ3v) is 6.84. The molecule has 3 heteroatoms. The average molecular weight is 342 g/mol. The first kappa shape index (κ1) is 18.3. The van der Waals surface area contributed by atoms with Crippen molar-refractivity contribution in [3.05, 3.63) is 34.9 Å². The SMILES string of the molecule is COCC(=O)C1=CCC2C3CC/C(=C/C(C)=O)C(C)(C)C3=CCC12C. The molecule has 3 aliphatic rings. The molecule has 3 aliphatic carbocycles. The molecule has 3 rings (SSSR count). The molecule has 1 saturated carbocycles. The van der Waals surface area contributed by atoms with E-state index in [2.05, 4.69) is 32.9 Å². The molecule has 1 fully saturated rings. The highest BCUT2D eigenvalue weighted by molar-refractivity contribution is 5.98. The number of carbonyl (C=O) groups is 2. The lowest BCUT2D eigenvalue weighted by Crippen LogP contribution is -2.42. The second-order valence-corrected chi connectivity index (χ2v) is 8.65. The first-order valence-electron chi connectivity index (χ1n) is 9.36. The van der Waals surface area contributed by atoms with Crippen LogP contribution in [0.5, 0.6) is 0 Å². The Morgan fingerprint density at radius 3 is 2.64 bits per heavy atom. The van der Waals surface area contributed by atoms with Crippen molar-refractivity contribution in [3.63, 3.8) is 0 Å². The molecule has 3 unspecified atom stereocenters. The normalized spacial score (nSPS) is 34.8. The number of methoxy groups -OCH3 is 1. The highest BCUT2D eigenvalue weighted by Crippen LogP contribution is 2.61. The standard InChI is InChI=1S/C22H30O3/c1-14(23)12-15-6-7-16-17(21(15,2)3)10-11-22(4)18(16)8-9-19(22)20(24)13-25-5/h9-10,12,16,18H,6-8,11,13H2,1-5H3/b15-12-. The van der Waals surface area contributed by atoms with E-state index in [1.807, 2.05) is 6.08 Å². The number of rotatable bonds is 4. The lowest BCUT2D eigenvalue weighted by Gasteiger charge is -2.51. The van der Waals surface area contributed by atoms with Crippen molar-refractivity contribution in [1.29, 1.82) is 0 Å². The number of carbonyl (C=O) groups excluding carboxylic acids is 2. The first-order chi connectivity index (χ1) is 11.7. The zero-order valence-corrected chi connectivity index (χ0v) is 16.1. The lowest BCUT2D eigenvalue weighted by atomic mass is 9.53. The van der Waals surface area contributed by atoms with Gasteiger partial charge in [-0.25, -0.2) is 0 Å². The van der Waals surface area contributed by atoms with Gasteiger partial charge in [-0.2, -0.15) is 0 Å². The number of ether oxygens (including phenoxy) is 1. The van der Waals surface area contributed by atoms with Crippen molar-refractivity contribution in [2.24, 2.45) is 22.7 Å². The minimum Gasteiger partial charge on any atom is -0.377 e. The zero-order chi connectivity index (χ0) is 18.4. The molecule has 0 spiro atoms. The Labute approximate surface area is 151 Å². The van der Waals surface area contributed by atoms with E-state index in [-0.39, 0.29) is 29.0 Å². The van der Waals surface area contributed by atoms with Crippen molar-refractivity contribution in [2.75, 3.05) is 13.7 Å². The monoisotopic (exact) mass is 342 g/mol. The number of Topliss-reactive ketones (excluding diaryl/α,β-unsaturated/α-hetero) is 1. The van der Waals surface area contributed by atoms with Crippen LogP contribution < -0.4 is 0 Å². The van der Waals surface area contributed by atoms with Gasteiger partial charge >= 0.3 is 0 Å². The third-order valence-electron chi connectivity index (χ3n) is 6.84. The van der Waals surface area contributed by atoms with E-state index < -0.39 is 0 Å². The molecule has 0 N–H and O–H groups in total. The molecular weight excluding hydrogens is 312 g/mol. The molecule has 25 heavy (non-hydrogen) atoms. The van der Waals surface area contributed by atoms with Crippen molar-refractivity contribution in [1.82, 2.24) is 0 Å².